The number of benzene rings is 4. The quantitative estimate of drug-likeness (QED) is 0.122. The molecule has 0 saturated carbocycles. The van der Waals surface area contributed by atoms with E-state index in [0.717, 1.165) is 35.1 Å². The molecule has 8 heteroatoms. The lowest BCUT2D eigenvalue weighted by Gasteiger charge is -2.27. The van der Waals surface area contributed by atoms with E-state index in [1.165, 1.54) is 14.2 Å². The molecule has 2 aliphatic heterocycles. The van der Waals surface area contributed by atoms with Crippen LogP contribution in [0.3, 0.4) is 0 Å². The minimum Gasteiger partial charge on any atom is -0.491 e. The summed E-state index contributed by atoms with van der Waals surface area (Å²) < 4.78 is 21.8. The van der Waals surface area contributed by atoms with Gasteiger partial charge in [0.1, 0.15) is 24.7 Å². The average molecular weight is 677 g/mol. The highest BCUT2D eigenvalue weighted by molar-refractivity contribution is 6.03. The van der Waals surface area contributed by atoms with E-state index in [-0.39, 0.29) is 22.4 Å². The Morgan fingerprint density at radius 1 is 0.580 bits per heavy atom. The van der Waals surface area contributed by atoms with E-state index in [1.807, 2.05) is 48.5 Å². The van der Waals surface area contributed by atoms with Gasteiger partial charge < -0.3 is 18.9 Å². The molecule has 4 aromatic carbocycles. The zero-order chi connectivity index (χ0) is 36.1. The normalized spacial score (nSPS) is 18.4. The van der Waals surface area contributed by atoms with E-state index in [0.29, 0.717) is 59.8 Å². The number of ketones is 2. The third kappa shape index (κ3) is 6.30. The summed E-state index contributed by atoms with van der Waals surface area (Å²) in [5.74, 6) is 0.232. The molecule has 0 fully saturated rings. The zero-order valence-electron chi connectivity index (χ0n) is 29.6. The second-order valence-electron chi connectivity index (χ2n) is 12.5. The number of fused-ring (bicyclic) bond motifs is 2. The molecule has 0 bridgehead atoms. The number of hydrogen-bond donors (Lipinski definition) is 0. The Kier molecular flexibility index (Phi) is 10.9. The fourth-order valence-corrected chi connectivity index (χ4v) is 7.08. The average Bonchev–Trinajstić information content (AvgIpc) is 3.76. The van der Waals surface area contributed by atoms with Gasteiger partial charge in [-0.3, -0.25) is 9.59 Å². The van der Waals surface area contributed by atoms with E-state index in [2.05, 4.69) is 38.1 Å². The first-order valence-electron chi connectivity index (χ1n) is 17.1. The first-order valence-corrected chi connectivity index (χ1v) is 17.1. The van der Waals surface area contributed by atoms with Gasteiger partial charge in [-0.1, -0.05) is 88.4 Å². The Balaban J connectivity index is 0.000000194. The summed E-state index contributed by atoms with van der Waals surface area (Å²) in [7, 11) is 2.69. The molecule has 2 aliphatic rings. The standard InChI is InChI=1S/2C21H22O4/c2*1-4-18(22)16-11-14(20(23)24-3)12-17-19(16)25-13-21(17,5-2)15-9-7-6-8-10-15/h2*6-12H,4-5,13H2,1-3H3/t2*21-/m10/s1. The van der Waals surface area contributed by atoms with Crippen molar-refractivity contribution in [2.75, 3.05) is 27.4 Å². The molecule has 0 spiro atoms. The number of carbonyl (C=O) groups is 4. The van der Waals surface area contributed by atoms with Gasteiger partial charge in [-0.15, -0.1) is 0 Å². The number of methoxy groups -OCH3 is 2. The smallest absolute Gasteiger partial charge is 0.337 e. The maximum atomic E-state index is 12.4. The van der Waals surface area contributed by atoms with Gasteiger partial charge in [-0.2, -0.15) is 0 Å². The lowest BCUT2D eigenvalue weighted by molar-refractivity contribution is 0.0591. The van der Waals surface area contributed by atoms with Crippen molar-refractivity contribution in [3.05, 3.63) is 129 Å². The van der Waals surface area contributed by atoms with E-state index >= 15 is 0 Å². The van der Waals surface area contributed by atoms with Crippen LogP contribution in [0.4, 0.5) is 0 Å². The van der Waals surface area contributed by atoms with Crippen molar-refractivity contribution in [1.82, 2.24) is 0 Å². The lowest BCUT2D eigenvalue weighted by Crippen LogP contribution is -2.28. The number of ether oxygens (including phenoxy) is 4. The summed E-state index contributed by atoms with van der Waals surface area (Å²) in [5.41, 5.74) is 4.98. The van der Waals surface area contributed by atoms with Crippen LogP contribution < -0.4 is 9.47 Å². The van der Waals surface area contributed by atoms with Crippen molar-refractivity contribution in [2.24, 2.45) is 0 Å². The van der Waals surface area contributed by atoms with Crippen molar-refractivity contribution < 1.29 is 38.1 Å². The van der Waals surface area contributed by atoms with Crippen LogP contribution in [-0.2, 0) is 20.3 Å². The van der Waals surface area contributed by atoms with E-state index in [9.17, 15) is 19.2 Å². The summed E-state index contributed by atoms with van der Waals surface area (Å²) in [6.07, 6.45) is 2.30. The summed E-state index contributed by atoms with van der Waals surface area (Å²) in [4.78, 5) is 49.2. The van der Waals surface area contributed by atoms with Gasteiger partial charge in [0.15, 0.2) is 11.6 Å². The van der Waals surface area contributed by atoms with E-state index in [4.69, 9.17) is 18.9 Å². The second kappa shape index (κ2) is 15.1. The van der Waals surface area contributed by atoms with Crippen LogP contribution in [0.15, 0.2) is 84.9 Å². The largest absolute Gasteiger partial charge is 0.491 e. The van der Waals surface area contributed by atoms with Crippen molar-refractivity contribution >= 4 is 23.5 Å². The molecule has 2 heterocycles. The second-order valence-corrected chi connectivity index (χ2v) is 12.5. The predicted octanol–water partition coefficient (Wildman–Crippen LogP) is 8.31. The molecule has 8 nitrogen and oxygen atoms in total. The van der Waals surface area contributed by atoms with Crippen molar-refractivity contribution in [2.45, 2.75) is 64.2 Å². The fraction of sp³-hybridized carbons (Fsp3) is 0.333. The Bertz CT molecular complexity index is 1760. The molecule has 0 unspecified atom stereocenters. The van der Waals surface area contributed by atoms with Crippen LogP contribution >= 0.6 is 0 Å². The van der Waals surface area contributed by atoms with E-state index < -0.39 is 11.9 Å². The molecule has 0 aliphatic carbocycles. The highest BCUT2D eigenvalue weighted by Crippen LogP contribution is 2.49. The topological polar surface area (TPSA) is 105 Å². The van der Waals surface area contributed by atoms with Crippen LogP contribution in [-0.4, -0.2) is 50.9 Å². The predicted molar refractivity (Wildman–Crippen MR) is 191 cm³/mol. The Morgan fingerprint density at radius 2 is 0.940 bits per heavy atom. The zero-order valence-corrected chi connectivity index (χ0v) is 29.6. The van der Waals surface area contributed by atoms with Gasteiger partial charge in [0.2, 0.25) is 0 Å². The molecule has 0 radical (unpaired) electrons. The third-order valence-electron chi connectivity index (χ3n) is 10.1. The number of rotatable bonds is 10. The minimum atomic E-state index is -0.446. The highest BCUT2D eigenvalue weighted by atomic mass is 16.5. The molecule has 0 amide bonds. The summed E-state index contributed by atoms with van der Waals surface area (Å²) >= 11 is 0. The van der Waals surface area contributed by atoms with Gasteiger partial charge in [0, 0.05) is 24.0 Å². The van der Waals surface area contributed by atoms with Crippen molar-refractivity contribution in [1.29, 1.82) is 0 Å². The van der Waals surface area contributed by atoms with Gasteiger partial charge in [0.05, 0.1) is 47.3 Å². The summed E-state index contributed by atoms with van der Waals surface area (Å²) in [6.45, 7) is 8.71. The Morgan fingerprint density at radius 3 is 1.24 bits per heavy atom. The Hall–Kier alpha value is -5.24. The van der Waals surface area contributed by atoms with Crippen LogP contribution in [0.5, 0.6) is 11.5 Å². The fourth-order valence-electron chi connectivity index (χ4n) is 7.08. The van der Waals surface area contributed by atoms with Gasteiger partial charge >= 0.3 is 11.9 Å². The molecule has 0 aromatic heterocycles. The summed E-state index contributed by atoms with van der Waals surface area (Å²) in [5, 5.41) is 0. The van der Waals surface area contributed by atoms with Crippen LogP contribution in [0.25, 0.3) is 0 Å². The molecule has 4 aromatic rings. The number of Topliss-reactive ketones (excluding diaryl/α,β-unsaturated/α-hetero) is 2. The number of carbonyl (C=O) groups excluding carboxylic acids is 4. The Labute approximate surface area is 293 Å². The van der Waals surface area contributed by atoms with Crippen LogP contribution in [0.2, 0.25) is 0 Å². The van der Waals surface area contributed by atoms with Crippen molar-refractivity contribution in [3.8, 4) is 11.5 Å². The molecule has 6 rings (SSSR count). The van der Waals surface area contributed by atoms with E-state index in [1.54, 1.807) is 26.0 Å². The molecular formula is C42H44O8. The number of esters is 2. The maximum Gasteiger partial charge on any atom is 0.337 e. The SMILES string of the molecule is CCC(=O)c1cc(C(=O)OC)cc2c1OC[C@@]2(CC)c1ccccc1.CCC(=O)c1cc(C(=O)OC)cc2c1OC[C@]2(CC)c1ccccc1. The first-order chi connectivity index (χ1) is 24.1. The van der Waals surface area contributed by atoms with Crippen molar-refractivity contribution in [3.63, 3.8) is 0 Å². The molecule has 0 N–H and O–H groups in total. The number of hydrogen-bond acceptors (Lipinski definition) is 8. The lowest BCUT2D eigenvalue weighted by atomic mass is 9.73. The van der Waals surface area contributed by atoms with Gasteiger partial charge in [-0.05, 0) is 48.2 Å². The molecule has 2 atom stereocenters. The van der Waals surface area contributed by atoms with Crippen LogP contribution in [0.1, 0.15) is 117 Å². The maximum absolute atomic E-state index is 12.4. The molecule has 50 heavy (non-hydrogen) atoms. The molecule has 0 saturated heterocycles. The van der Waals surface area contributed by atoms with Gasteiger partial charge in [-0.25, -0.2) is 9.59 Å². The third-order valence-corrected chi connectivity index (χ3v) is 10.1. The highest BCUT2D eigenvalue weighted by Gasteiger charge is 2.44. The van der Waals surface area contributed by atoms with Gasteiger partial charge in [0.25, 0.3) is 0 Å². The monoisotopic (exact) mass is 676 g/mol. The molecule has 260 valence electrons. The summed E-state index contributed by atoms with van der Waals surface area (Å²) in [6, 6.07) is 27.0. The molecular weight excluding hydrogens is 632 g/mol. The first kappa shape index (κ1) is 36.1. The minimum absolute atomic E-state index is 0.0398. The van der Waals surface area contributed by atoms with Crippen LogP contribution in [0, 0.1) is 0 Å².